The zero-order chi connectivity index (χ0) is 11.1. The third-order valence-electron chi connectivity index (χ3n) is 3.28. The summed E-state index contributed by atoms with van der Waals surface area (Å²) >= 11 is 0. The number of piperidine rings is 1. The fraction of sp³-hybridized carbons (Fsp3) is 1.00. The van der Waals surface area contributed by atoms with E-state index in [0.717, 1.165) is 12.0 Å². The van der Waals surface area contributed by atoms with Crippen LogP contribution in [0.5, 0.6) is 0 Å². The Morgan fingerprint density at radius 1 is 1.13 bits per heavy atom. The van der Waals surface area contributed by atoms with Gasteiger partial charge in [0.1, 0.15) is 0 Å². The van der Waals surface area contributed by atoms with E-state index in [1.165, 1.54) is 45.2 Å². The standard InChI is InChI=1S/C13H28N2/c1-11(2)5-4-6-12(3)15-13-7-9-14-10-8-13/h11-15H,4-10H2,1-3H3. The summed E-state index contributed by atoms with van der Waals surface area (Å²) in [5.41, 5.74) is 0. The Morgan fingerprint density at radius 2 is 1.80 bits per heavy atom. The molecule has 1 unspecified atom stereocenters. The molecule has 0 aliphatic carbocycles. The number of hydrogen-bond donors (Lipinski definition) is 2. The molecule has 2 N–H and O–H groups in total. The monoisotopic (exact) mass is 212 g/mol. The third-order valence-corrected chi connectivity index (χ3v) is 3.28. The summed E-state index contributed by atoms with van der Waals surface area (Å²) < 4.78 is 0. The largest absolute Gasteiger partial charge is 0.317 e. The number of rotatable bonds is 6. The average molecular weight is 212 g/mol. The summed E-state index contributed by atoms with van der Waals surface area (Å²) in [5.74, 6) is 0.857. The highest BCUT2D eigenvalue weighted by molar-refractivity contribution is 4.77. The second-order valence-electron chi connectivity index (χ2n) is 5.42. The van der Waals surface area contributed by atoms with E-state index in [0.29, 0.717) is 6.04 Å². The highest BCUT2D eigenvalue weighted by Gasteiger charge is 2.14. The number of hydrogen-bond acceptors (Lipinski definition) is 2. The van der Waals surface area contributed by atoms with Gasteiger partial charge in [0.2, 0.25) is 0 Å². The van der Waals surface area contributed by atoms with Crippen LogP contribution < -0.4 is 10.6 Å². The fourth-order valence-electron chi connectivity index (χ4n) is 2.31. The van der Waals surface area contributed by atoms with E-state index in [1.54, 1.807) is 0 Å². The Hall–Kier alpha value is -0.0800. The van der Waals surface area contributed by atoms with Gasteiger partial charge in [0.15, 0.2) is 0 Å². The van der Waals surface area contributed by atoms with Gasteiger partial charge in [-0.05, 0) is 45.2 Å². The van der Waals surface area contributed by atoms with Crippen LogP contribution in [0.3, 0.4) is 0 Å². The lowest BCUT2D eigenvalue weighted by Crippen LogP contribution is -2.43. The van der Waals surface area contributed by atoms with Gasteiger partial charge in [0.25, 0.3) is 0 Å². The first-order chi connectivity index (χ1) is 7.18. The van der Waals surface area contributed by atoms with Gasteiger partial charge in [-0.2, -0.15) is 0 Å². The SMILES string of the molecule is CC(C)CCCC(C)NC1CCNCC1. The molecule has 1 saturated heterocycles. The van der Waals surface area contributed by atoms with E-state index < -0.39 is 0 Å². The van der Waals surface area contributed by atoms with Crippen LogP contribution in [-0.2, 0) is 0 Å². The van der Waals surface area contributed by atoms with Crippen LogP contribution in [0.25, 0.3) is 0 Å². The van der Waals surface area contributed by atoms with Crippen molar-refractivity contribution >= 4 is 0 Å². The predicted octanol–water partition coefficient (Wildman–Crippen LogP) is 2.54. The van der Waals surface area contributed by atoms with E-state index in [-0.39, 0.29) is 0 Å². The molecule has 2 nitrogen and oxygen atoms in total. The summed E-state index contributed by atoms with van der Waals surface area (Å²) in [5, 5.41) is 7.16. The molecule has 0 bridgehead atoms. The third kappa shape index (κ3) is 6.16. The Labute approximate surface area is 95.2 Å². The lowest BCUT2D eigenvalue weighted by Gasteiger charge is -2.27. The average Bonchev–Trinajstić information content (AvgIpc) is 2.18. The van der Waals surface area contributed by atoms with Crippen molar-refractivity contribution in [1.82, 2.24) is 10.6 Å². The van der Waals surface area contributed by atoms with Crippen molar-refractivity contribution in [3.8, 4) is 0 Å². The lowest BCUT2D eigenvalue weighted by molar-refractivity contribution is 0.340. The van der Waals surface area contributed by atoms with Gasteiger partial charge in [-0.1, -0.05) is 26.7 Å². The Kier molecular flexibility index (Phi) is 6.26. The molecule has 2 heteroatoms. The molecular weight excluding hydrogens is 184 g/mol. The van der Waals surface area contributed by atoms with E-state index in [1.807, 2.05) is 0 Å². The molecule has 0 aromatic carbocycles. The molecule has 15 heavy (non-hydrogen) atoms. The van der Waals surface area contributed by atoms with Gasteiger partial charge in [0, 0.05) is 12.1 Å². The topological polar surface area (TPSA) is 24.1 Å². The van der Waals surface area contributed by atoms with Crippen molar-refractivity contribution in [1.29, 1.82) is 0 Å². The Balaban J connectivity index is 2.03. The molecular formula is C13H28N2. The molecule has 0 aromatic heterocycles. The van der Waals surface area contributed by atoms with Crippen molar-refractivity contribution < 1.29 is 0 Å². The zero-order valence-electron chi connectivity index (χ0n) is 10.7. The van der Waals surface area contributed by atoms with E-state index in [2.05, 4.69) is 31.4 Å². The maximum Gasteiger partial charge on any atom is 0.00937 e. The van der Waals surface area contributed by atoms with Crippen LogP contribution in [0.4, 0.5) is 0 Å². The first-order valence-electron chi connectivity index (χ1n) is 6.65. The van der Waals surface area contributed by atoms with Crippen molar-refractivity contribution in [3.05, 3.63) is 0 Å². The molecule has 1 aliphatic rings. The van der Waals surface area contributed by atoms with Crippen LogP contribution >= 0.6 is 0 Å². The molecule has 1 rings (SSSR count). The zero-order valence-corrected chi connectivity index (χ0v) is 10.7. The smallest absolute Gasteiger partial charge is 0.00937 e. The summed E-state index contributed by atoms with van der Waals surface area (Å²) in [4.78, 5) is 0. The van der Waals surface area contributed by atoms with Gasteiger partial charge in [-0.25, -0.2) is 0 Å². The Morgan fingerprint density at radius 3 is 2.40 bits per heavy atom. The molecule has 0 aromatic rings. The first-order valence-corrected chi connectivity index (χ1v) is 6.65. The van der Waals surface area contributed by atoms with E-state index >= 15 is 0 Å². The number of nitrogens with one attached hydrogen (secondary N) is 2. The van der Waals surface area contributed by atoms with Crippen LogP contribution in [0.1, 0.15) is 52.9 Å². The fourth-order valence-corrected chi connectivity index (χ4v) is 2.31. The Bertz CT molecular complexity index is 151. The highest BCUT2D eigenvalue weighted by atomic mass is 15.0. The molecule has 0 amide bonds. The van der Waals surface area contributed by atoms with Crippen molar-refractivity contribution in [2.45, 2.75) is 65.0 Å². The summed E-state index contributed by atoms with van der Waals surface area (Å²) in [6.45, 7) is 9.34. The lowest BCUT2D eigenvalue weighted by atomic mass is 10.0. The quantitative estimate of drug-likeness (QED) is 0.707. The minimum atomic E-state index is 0.701. The summed E-state index contributed by atoms with van der Waals surface area (Å²) in [6, 6.07) is 1.46. The van der Waals surface area contributed by atoms with Gasteiger partial charge < -0.3 is 10.6 Å². The first kappa shape index (κ1) is 13.0. The van der Waals surface area contributed by atoms with Crippen molar-refractivity contribution in [2.75, 3.05) is 13.1 Å². The predicted molar refractivity (Wildman–Crippen MR) is 67.2 cm³/mol. The summed E-state index contributed by atoms with van der Waals surface area (Å²) in [6.07, 6.45) is 6.68. The van der Waals surface area contributed by atoms with E-state index in [9.17, 15) is 0 Å². The second-order valence-corrected chi connectivity index (χ2v) is 5.42. The highest BCUT2D eigenvalue weighted by Crippen LogP contribution is 2.10. The molecule has 1 heterocycles. The molecule has 0 radical (unpaired) electrons. The van der Waals surface area contributed by atoms with Crippen molar-refractivity contribution in [2.24, 2.45) is 5.92 Å². The molecule has 0 saturated carbocycles. The maximum absolute atomic E-state index is 3.75. The summed E-state index contributed by atoms with van der Waals surface area (Å²) in [7, 11) is 0. The molecule has 90 valence electrons. The van der Waals surface area contributed by atoms with Crippen LogP contribution in [0.15, 0.2) is 0 Å². The minimum absolute atomic E-state index is 0.701. The minimum Gasteiger partial charge on any atom is -0.317 e. The maximum atomic E-state index is 3.75. The van der Waals surface area contributed by atoms with Gasteiger partial charge in [-0.15, -0.1) is 0 Å². The van der Waals surface area contributed by atoms with Gasteiger partial charge in [0.05, 0.1) is 0 Å². The normalized spacial score (nSPS) is 20.8. The van der Waals surface area contributed by atoms with Crippen LogP contribution in [0.2, 0.25) is 0 Å². The molecule has 1 aliphatic heterocycles. The van der Waals surface area contributed by atoms with Crippen molar-refractivity contribution in [3.63, 3.8) is 0 Å². The molecule has 1 fully saturated rings. The van der Waals surface area contributed by atoms with Crippen LogP contribution in [0, 0.1) is 5.92 Å². The second kappa shape index (κ2) is 7.24. The van der Waals surface area contributed by atoms with Gasteiger partial charge >= 0.3 is 0 Å². The van der Waals surface area contributed by atoms with Gasteiger partial charge in [-0.3, -0.25) is 0 Å². The molecule has 1 atom stereocenters. The van der Waals surface area contributed by atoms with E-state index in [4.69, 9.17) is 0 Å². The van der Waals surface area contributed by atoms with Crippen LogP contribution in [-0.4, -0.2) is 25.2 Å². The molecule has 0 spiro atoms.